The zero-order valence-corrected chi connectivity index (χ0v) is 18.2. The average molecular weight is 454 g/mol. The van der Waals surface area contributed by atoms with Gasteiger partial charge >= 0.3 is 6.18 Å². The number of halogens is 3. The van der Waals surface area contributed by atoms with Crippen molar-refractivity contribution in [3.05, 3.63) is 98.9 Å². The first-order chi connectivity index (χ1) is 15.6. The van der Waals surface area contributed by atoms with Crippen molar-refractivity contribution in [1.82, 2.24) is 0 Å². The Balaban J connectivity index is 1.75. The molecule has 7 heteroatoms. The van der Waals surface area contributed by atoms with Crippen molar-refractivity contribution >= 4 is 11.0 Å². The maximum Gasteiger partial charge on any atom is 0.453 e. The summed E-state index contributed by atoms with van der Waals surface area (Å²) in [6.07, 6.45) is -4.93. The third-order valence-electron chi connectivity index (χ3n) is 5.15. The van der Waals surface area contributed by atoms with E-state index in [1.54, 1.807) is 26.0 Å². The fourth-order valence-corrected chi connectivity index (χ4v) is 3.57. The van der Waals surface area contributed by atoms with E-state index < -0.39 is 23.1 Å². The molecule has 0 bridgehead atoms. The number of aryl methyl sites for hydroxylation is 3. The second-order valence-electron chi connectivity index (χ2n) is 7.89. The van der Waals surface area contributed by atoms with Crippen molar-refractivity contribution < 1.29 is 27.1 Å². The van der Waals surface area contributed by atoms with E-state index in [2.05, 4.69) is 0 Å². The van der Waals surface area contributed by atoms with Gasteiger partial charge in [-0.1, -0.05) is 30.3 Å². The first-order valence-corrected chi connectivity index (χ1v) is 10.2. The van der Waals surface area contributed by atoms with Gasteiger partial charge in [0.1, 0.15) is 23.7 Å². The predicted octanol–water partition coefficient (Wildman–Crippen LogP) is 7.11. The van der Waals surface area contributed by atoms with Crippen LogP contribution in [-0.2, 0) is 12.8 Å². The van der Waals surface area contributed by atoms with Crippen LogP contribution in [-0.4, -0.2) is 0 Å². The maximum absolute atomic E-state index is 13.8. The summed E-state index contributed by atoms with van der Waals surface area (Å²) in [4.78, 5) is 13.0. The monoisotopic (exact) mass is 454 g/mol. The van der Waals surface area contributed by atoms with Crippen LogP contribution in [0.5, 0.6) is 17.2 Å². The molecule has 0 saturated carbocycles. The summed E-state index contributed by atoms with van der Waals surface area (Å²) in [6, 6.07) is 16.7. The Kier molecular flexibility index (Phi) is 5.89. The van der Waals surface area contributed by atoms with Crippen LogP contribution in [0, 0.1) is 20.8 Å². The molecule has 170 valence electrons. The van der Waals surface area contributed by atoms with E-state index in [0.717, 1.165) is 22.3 Å². The first-order valence-electron chi connectivity index (χ1n) is 10.2. The number of fused-ring (bicyclic) bond motifs is 1. The molecule has 0 N–H and O–H groups in total. The molecule has 0 spiro atoms. The third-order valence-corrected chi connectivity index (χ3v) is 5.15. The molecular formula is C26H21F3O4. The lowest BCUT2D eigenvalue weighted by molar-refractivity contribution is -0.154. The van der Waals surface area contributed by atoms with Crippen LogP contribution in [0.4, 0.5) is 13.2 Å². The van der Waals surface area contributed by atoms with Crippen LogP contribution in [0.2, 0.25) is 0 Å². The van der Waals surface area contributed by atoms with Crippen molar-refractivity contribution in [3.8, 4) is 17.2 Å². The van der Waals surface area contributed by atoms with Crippen molar-refractivity contribution in [2.24, 2.45) is 0 Å². The first kappa shape index (κ1) is 22.5. The second kappa shape index (κ2) is 8.65. The van der Waals surface area contributed by atoms with Gasteiger partial charge in [0.25, 0.3) is 5.76 Å². The summed E-state index contributed by atoms with van der Waals surface area (Å²) in [5, 5.41) is -0.0365. The second-order valence-corrected chi connectivity index (χ2v) is 7.89. The summed E-state index contributed by atoms with van der Waals surface area (Å²) in [6.45, 7) is 5.73. The van der Waals surface area contributed by atoms with E-state index in [1.807, 2.05) is 37.3 Å². The molecule has 0 unspecified atom stereocenters. The molecular weight excluding hydrogens is 433 g/mol. The van der Waals surface area contributed by atoms with E-state index in [4.69, 9.17) is 13.9 Å². The van der Waals surface area contributed by atoms with Crippen molar-refractivity contribution in [2.45, 2.75) is 33.6 Å². The summed E-state index contributed by atoms with van der Waals surface area (Å²) in [5.74, 6) is -1.98. The minimum absolute atomic E-state index is 0.0365. The highest BCUT2D eigenvalue weighted by atomic mass is 19.4. The predicted molar refractivity (Wildman–Crippen MR) is 119 cm³/mol. The highest BCUT2D eigenvalue weighted by Gasteiger charge is 2.40. The van der Waals surface area contributed by atoms with Crippen molar-refractivity contribution in [1.29, 1.82) is 0 Å². The third kappa shape index (κ3) is 4.87. The van der Waals surface area contributed by atoms with Gasteiger partial charge in [0.15, 0.2) is 0 Å². The average Bonchev–Trinajstić information content (AvgIpc) is 2.73. The minimum atomic E-state index is -4.93. The summed E-state index contributed by atoms with van der Waals surface area (Å²) < 4.78 is 57.7. The molecule has 0 saturated heterocycles. The highest BCUT2D eigenvalue weighted by Crippen LogP contribution is 2.39. The Labute approximate surface area is 188 Å². The molecule has 3 aromatic carbocycles. The van der Waals surface area contributed by atoms with Crippen LogP contribution in [0.3, 0.4) is 0 Å². The SMILES string of the molecule is Cc1cc(C)cc(Oc2c(C(F)(F)F)oc3cc(OCc4ccccc4C)ccc3c2=O)c1. The fourth-order valence-electron chi connectivity index (χ4n) is 3.57. The topological polar surface area (TPSA) is 48.7 Å². The van der Waals surface area contributed by atoms with Gasteiger partial charge in [-0.15, -0.1) is 0 Å². The lowest BCUT2D eigenvalue weighted by Gasteiger charge is -2.14. The summed E-state index contributed by atoms with van der Waals surface area (Å²) in [7, 11) is 0. The lowest BCUT2D eigenvalue weighted by atomic mass is 10.1. The number of hydrogen-bond donors (Lipinski definition) is 0. The molecule has 0 amide bonds. The van der Waals surface area contributed by atoms with Crippen LogP contribution in [0.25, 0.3) is 11.0 Å². The van der Waals surface area contributed by atoms with Crippen LogP contribution >= 0.6 is 0 Å². The maximum atomic E-state index is 13.8. The van der Waals surface area contributed by atoms with Gasteiger partial charge in [-0.3, -0.25) is 4.79 Å². The van der Waals surface area contributed by atoms with Crippen LogP contribution in [0.15, 0.2) is 69.9 Å². The highest BCUT2D eigenvalue weighted by molar-refractivity contribution is 5.79. The molecule has 0 radical (unpaired) electrons. The van der Waals surface area contributed by atoms with Crippen LogP contribution in [0.1, 0.15) is 28.0 Å². The Morgan fingerprint density at radius 3 is 2.24 bits per heavy atom. The van der Waals surface area contributed by atoms with Gasteiger partial charge in [0, 0.05) is 6.07 Å². The molecule has 0 aliphatic carbocycles. The Bertz CT molecular complexity index is 1370. The van der Waals surface area contributed by atoms with E-state index in [1.165, 1.54) is 18.2 Å². The number of rotatable bonds is 5. The molecule has 4 nitrogen and oxygen atoms in total. The molecule has 1 aromatic heterocycles. The summed E-state index contributed by atoms with van der Waals surface area (Å²) in [5.41, 5.74) is 2.40. The summed E-state index contributed by atoms with van der Waals surface area (Å²) >= 11 is 0. The Morgan fingerprint density at radius 1 is 0.879 bits per heavy atom. The molecule has 0 aliphatic rings. The Hall–Kier alpha value is -3.74. The van der Waals surface area contributed by atoms with Gasteiger partial charge in [0.2, 0.25) is 11.2 Å². The molecule has 0 fully saturated rings. The Morgan fingerprint density at radius 2 is 1.58 bits per heavy atom. The quantitative estimate of drug-likeness (QED) is 0.322. The molecule has 4 aromatic rings. The largest absolute Gasteiger partial charge is 0.489 e. The van der Waals surface area contributed by atoms with Gasteiger partial charge in [0.05, 0.1) is 5.39 Å². The fraction of sp³-hybridized carbons (Fsp3) is 0.192. The van der Waals surface area contributed by atoms with E-state index in [0.29, 0.717) is 0 Å². The van der Waals surface area contributed by atoms with Gasteiger partial charge in [-0.05, 0) is 67.3 Å². The lowest BCUT2D eigenvalue weighted by Crippen LogP contribution is -2.15. The number of alkyl halides is 3. The van der Waals surface area contributed by atoms with E-state index in [9.17, 15) is 18.0 Å². The standard InChI is InChI=1S/C26H21F3O4/c1-15-10-16(2)12-20(11-15)32-24-23(30)21-9-8-19(13-22(21)33-25(24)26(27,28)29)31-14-18-7-5-4-6-17(18)3/h4-13H,14H2,1-3H3. The van der Waals surface area contributed by atoms with Gasteiger partial charge < -0.3 is 13.9 Å². The number of benzene rings is 3. The number of hydrogen-bond acceptors (Lipinski definition) is 4. The normalized spacial score (nSPS) is 11.6. The van der Waals surface area contributed by atoms with Crippen LogP contribution < -0.4 is 14.9 Å². The van der Waals surface area contributed by atoms with Crippen molar-refractivity contribution in [3.63, 3.8) is 0 Å². The number of ether oxygens (including phenoxy) is 2. The van der Waals surface area contributed by atoms with Gasteiger partial charge in [-0.2, -0.15) is 13.2 Å². The molecule has 1 heterocycles. The molecule has 0 atom stereocenters. The van der Waals surface area contributed by atoms with E-state index >= 15 is 0 Å². The zero-order chi connectivity index (χ0) is 23.8. The van der Waals surface area contributed by atoms with Gasteiger partial charge in [-0.25, -0.2) is 0 Å². The van der Waals surface area contributed by atoms with E-state index in [-0.39, 0.29) is 29.1 Å². The zero-order valence-electron chi connectivity index (χ0n) is 18.2. The van der Waals surface area contributed by atoms with Crippen molar-refractivity contribution in [2.75, 3.05) is 0 Å². The molecule has 4 rings (SSSR count). The smallest absolute Gasteiger partial charge is 0.453 e. The molecule has 33 heavy (non-hydrogen) atoms. The molecule has 0 aliphatic heterocycles. The minimum Gasteiger partial charge on any atom is -0.489 e.